The Balaban J connectivity index is 1.63. The van der Waals surface area contributed by atoms with Crippen molar-refractivity contribution in [2.45, 2.75) is 74.7 Å². The standard InChI is InChI=1S/C23H33N5O5S2/c1-17(2)15-19(28(16-29)18-9-5-4-6-10-18)21(30)22-25-26-23(33-22)34-14-13-27(3)35(31,32)20-11-7-8-12-24-20/h7-8,11-12,16-19H,4-6,9-10,13-15H2,1-3H3/t19-/m0/s1. The van der Waals surface area contributed by atoms with Crippen LogP contribution < -0.4 is 0 Å². The Labute approximate surface area is 210 Å². The minimum Gasteiger partial charge on any atom is -0.408 e. The highest BCUT2D eigenvalue weighted by molar-refractivity contribution is 7.99. The summed E-state index contributed by atoms with van der Waals surface area (Å²) in [5.41, 5.74) is 0. The van der Waals surface area contributed by atoms with Crippen molar-refractivity contribution in [3.63, 3.8) is 0 Å². The van der Waals surface area contributed by atoms with Gasteiger partial charge in [0, 0.05) is 31.6 Å². The SMILES string of the molecule is CC(C)C[C@@H](C(=O)c1nnc(SCCN(C)S(=O)(=O)c2ccccn2)o1)N(C=O)C1CCCCC1. The lowest BCUT2D eigenvalue weighted by molar-refractivity contribution is -0.122. The Morgan fingerprint density at radius 3 is 2.60 bits per heavy atom. The Hall–Kier alpha value is -2.31. The summed E-state index contributed by atoms with van der Waals surface area (Å²) in [5, 5.41) is 8.04. The molecular formula is C23H33N5O5S2. The van der Waals surface area contributed by atoms with Crippen LogP contribution in [0.25, 0.3) is 0 Å². The van der Waals surface area contributed by atoms with Crippen molar-refractivity contribution in [3.8, 4) is 0 Å². The summed E-state index contributed by atoms with van der Waals surface area (Å²) in [6.45, 7) is 4.20. The van der Waals surface area contributed by atoms with Crippen molar-refractivity contribution in [3.05, 3.63) is 30.3 Å². The molecule has 1 atom stereocenters. The molecule has 0 bridgehead atoms. The molecule has 1 saturated carbocycles. The number of carbonyl (C=O) groups is 2. The number of Topliss-reactive ketones (excluding diaryl/α,β-unsaturated/α-hetero) is 1. The van der Waals surface area contributed by atoms with Gasteiger partial charge in [-0.3, -0.25) is 9.59 Å². The van der Waals surface area contributed by atoms with Crippen LogP contribution in [0.5, 0.6) is 0 Å². The van der Waals surface area contributed by atoms with Crippen LogP contribution in [-0.4, -0.2) is 76.4 Å². The smallest absolute Gasteiger partial charge is 0.286 e. The van der Waals surface area contributed by atoms with Crippen LogP contribution in [0, 0.1) is 5.92 Å². The van der Waals surface area contributed by atoms with E-state index in [1.165, 1.54) is 23.6 Å². The van der Waals surface area contributed by atoms with E-state index >= 15 is 0 Å². The summed E-state index contributed by atoms with van der Waals surface area (Å²) in [7, 11) is -2.22. The van der Waals surface area contributed by atoms with Crippen molar-refractivity contribution < 1.29 is 22.4 Å². The first-order chi connectivity index (χ1) is 16.7. The number of pyridine rings is 1. The average molecular weight is 524 g/mol. The molecule has 0 aromatic carbocycles. The van der Waals surface area contributed by atoms with E-state index in [1.807, 2.05) is 13.8 Å². The number of nitrogens with zero attached hydrogens (tertiary/aromatic N) is 5. The van der Waals surface area contributed by atoms with Crippen molar-refractivity contribution >= 4 is 34.0 Å². The highest BCUT2D eigenvalue weighted by Gasteiger charge is 2.35. The fourth-order valence-corrected chi connectivity index (χ4v) is 6.14. The summed E-state index contributed by atoms with van der Waals surface area (Å²) < 4.78 is 32.0. The van der Waals surface area contributed by atoms with Gasteiger partial charge in [0.1, 0.15) is 6.04 Å². The van der Waals surface area contributed by atoms with Crippen LogP contribution in [0.2, 0.25) is 0 Å². The third-order valence-electron chi connectivity index (χ3n) is 6.04. The number of ketones is 1. The lowest BCUT2D eigenvalue weighted by atomic mass is 9.91. The van der Waals surface area contributed by atoms with Gasteiger partial charge in [-0.15, -0.1) is 10.2 Å². The molecule has 0 saturated heterocycles. The first-order valence-corrected chi connectivity index (χ1v) is 14.3. The van der Waals surface area contributed by atoms with Crippen molar-refractivity contribution in [2.24, 2.45) is 5.92 Å². The fourth-order valence-electron chi connectivity index (χ4n) is 4.16. The Morgan fingerprint density at radius 2 is 1.97 bits per heavy atom. The largest absolute Gasteiger partial charge is 0.408 e. The topological polar surface area (TPSA) is 127 Å². The van der Waals surface area contributed by atoms with E-state index in [9.17, 15) is 18.0 Å². The number of hydrogen-bond donors (Lipinski definition) is 0. The molecule has 2 heterocycles. The van der Waals surface area contributed by atoms with Crippen molar-refractivity contribution in [1.29, 1.82) is 0 Å². The third-order valence-corrected chi connectivity index (χ3v) is 8.61. The molecule has 1 aliphatic carbocycles. The second-order valence-corrected chi connectivity index (χ2v) is 12.1. The molecule has 1 amide bonds. The maximum absolute atomic E-state index is 13.3. The van der Waals surface area contributed by atoms with Crippen LogP contribution >= 0.6 is 11.8 Å². The van der Waals surface area contributed by atoms with Gasteiger partial charge >= 0.3 is 0 Å². The molecule has 192 valence electrons. The van der Waals surface area contributed by atoms with E-state index in [0.29, 0.717) is 12.2 Å². The summed E-state index contributed by atoms with van der Waals surface area (Å²) in [6, 6.07) is 4.11. The maximum atomic E-state index is 13.3. The average Bonchev–Trinajstić information content (AvgIpc) is 3.33. The fraction of sp³-hybridized carbons (Fsp3) is 0.609. The highest BCUT2D eigenvalue weighted by Crippen LogP contribution is 2.27. The third kappa shape index (κ3) is 7.11. The Bertz CT molecular complexity index is 1070. The first-order valence-electron chi connectivity index (χ1n) is 11.8. The number of amides is 1. The molecule has 3 rings (SSSR count). The number of hydrogen-bond acceptors (Lipinski definition) is 9. The summed E-state index contributed by atoms with van der Waals surface area (Å²) in [4.78, 5) is 30.9. The van der Waals surface area contributed by atoms with Crippen LogP contribution in [0.15, 0.2) is 39.1 Å². The number of thioether (sulfide) groups is 1. The zero-order valence-electron chi connectivity index (χ0n) is 20.4. The summed E-state index contributed by atoms with van der Waals surface area (Å²) in [6.07, 6.45) is 7.74. The molecule has 0 spiro atoms. The van der Waals surface area contributed by atoms with Gasteiger partial charge in [0.15, 0.2) is 5.03 Å². The first kappa shape index (κ1) is 27.3. The molecule has 12 heteroatoms. The van der Waals surface area contributed by atoms with Gasteiger partial charge in [0.25, 0.3) is 21.1 Å². The minimum atomic E-state index is -3.70. The van der Waals surface area contributed by atoms with Crippen LogP contribution in [-0.2, 0) is 14.8 Å². The van der Waals surface area contributed by atoms with E-state index < -0.39 is 16.1 Å². The summed E-state index contributed by atoms with van der Waals surface area (Å²) >= 11 is 1.16. The normalized spacial score (nSPS) is 15.9. The second kappa shape index (κ2) is 12.6. The van der Waals surface area contributed by atoms with Crippen LogP contribution in [0.3, 0.4) is 0 Å². The molecule has 0 aliphatic heterocycles. The Morgan fingerprint density at radius 1 is 1.23 bits per heavy atom. The maximum Gasteiger partial charge on any atom is 0.286 e. The van der Waals surface area contributed by atoms with Gasteiger partial charge in [0.05, 0.1) is 0 Å². The van der Waals surface area contributed by atoms with Gasteiger partial charge < -0.3 is 9.32 Å². The molecule has 0 unspecified atom stereocenters. The molecule has 2 aromatic heterocycles. The quantitative estimate of drug-likeness (QED) is 0.221. The van der Waals surface area contributed by atoms with Gasteiger partial charge in [-0.2, -0.15) is 4.31 Å². The predicted octanol–water partition coefficient (Wildman–Crippen LogP) is 3.27. The van der Waals surface area contributed by atoms with Gasteiger partial charge in [0.2, 0.25) is 12.2 Å². The lowest BCUT2D eigenvalue weighted by Gasteiger charge is -2.36. The molecule has 35 heavy (non-hydrogen) atoms. The zero-order chi connectivity index (χ0) is 25.4. The second-order valence-electron chi connectivity index (χ2n) is 9.07. The van der Waals surface area contributed by atoms with E-state index in [1.54, 1.807) is 17.0 Å². The number of carbonyl (C=O) groups excluding carboxylic acids is 2. The monoisotopic (exact) mass is 523 g/mol. The zero-order valence-corrected chi connectivity index (χ0v) is 22.0. The van der Waals surface area contributed by atoms with E-state index in [2.05, 4.69) is 15.2 Å². The Kier molecular flexibility index (Phi) is 9.81. The lowest BCUT2D eigenvalue weighted by Crippen LogP contribution is -2.48. The predicted molar refractivity (Wildman–Crippen MR) is 131 cm³/mol. The van der Waals surface area contributed by atoms with E-state index in [-0.39, 0.29) is 40.4 Å². The highest BCUT2D eigenvalue weighted by atomic mass is 32.2. The molecule has 0 N–H and O–H groups in total. The van der Waals surface area contributed by atoms with Crippen LogP contribution in [0.4, 0.5) is 0 Å². The molecule has 10 nitrogen and oxygen atoms in total. The summed E-state index contributed by atoms with van der Waals surface area (Å²) in [5.74, 6) is 0.0558. The molecular weight excluding hydrogens is 490 g/mol. The number of sulfonamides is 1. The van der Waals surface area contributed by atoms with Crippen molar-refractivity contribution in [2.75, 3.05) is 19.3 Å². The van der Waals surface area contributed by atoms with E-state index in [0.717, 1.165) is 50.3 Å². The van der Waals surface area contributed by atoms with Crippen LogP contribution in [0.1, 0.15) is 63.1 Å². The molecule has 1 fully saturated rings. The molecule has 2 aromatic rings. The van der Waals surface area contributed by atoms with Crippen molar-refractivity contribution in [1.82, 2.24) is 24.4 Å². The molecule has 0 radical (unpaired) electrons. The van der Waals surface area contributed by atoms with E-state index in [4.69, 9.17) is 4.42 Å². The van der Waals surface area contributed by atoms with Gasteiger partial charge in [-0.1, -0.05) is 50.9 Å². The number of aromatic nitrogens is 3. The number of rotatable bonds is 13. The minimum absolute atomic E-state index is 0.0212. The van der Waals surface area contributed by atoms with Gasteiger partial charge in [-0.05, 0) is 37.3 Å². The molecule has 1 aliphatic rings. The van der Waals surface area contributed by atoms with Gasteiger partial charge in [-0.25, -0.2) is 13.4 Å².